The summed E-state index contributed by atoms with van der Waals surface area (Å²) in [6, 6.07) is 5.20. The van der Waals surface area contributed by atoms with E-state index >= 15 is 0 Å². The maximum absolute atomic E-state index is 14.4. The fraction of sp³-hybridized carbons (Fsp3) is 0.450. The van der Waals surface area contributed by atoms with Gasteiger partial charge in [0.2, 0.25) is 5.95 Å². The summed E-state index contributed by atoms with van der Waals surface area (Å²) in [5, 5.41) is 17.6. The molecule has 0 amide bonds. The van der Waals surface area contributed by atoms with Gasteiger partial charge in [0.1, 0.15) is 5.52 Å². The molecule has 8 heteroatoms. The largest absolute Gasteiger partial charge is 0.389 e. The maximum Gasteiger partial charge on any atom is 0.241 e. The highest BCUT2D eigenvalue weighted by Crippen LogP contribution is 2.47. The van der Waals surface area contributed by atoms with Crippen LogP contribution in [0, 0.1) is 5.82 Å². The molecule has 0 unspecified atom stereocenters. The normalized spacial score (nSPS) is 23.7. The highest BCUT2D eigenvalue weighted by atomic mass is 19.1. The molecule has 2 atom stereocenters. The minimum absolute atomic E-state index is 0.202. The van der Waals surface area contributed by atoms with Crippen molar-refractivity contribution < 1.29 is 14.2 Å². The van der Waals surface area contributed by atoms with Gasteiger partial charge in [0.25, 0.3) is 0 Å². The Bertz CT molecular complexity index is 1020. The number of aliphatic hydroxyl groups excluding tert-OH is 1. The van der Waals surface area contributed by atoms with E-state index in [0.29, 0.717) is 30.4 Å². The third kappa shape index (κ3) is 3.02. The van der Waals surface area contributed by atoms with E-state index in [0.717, 1.165) is 0 Å². The van der Waals surface area contributed by atoms with Crippen molar-refractivity contribution in [1.29, 1.82) is 0 Å². The highest BCUT2D eigenvalue weighted by molar-refractivity contribution is 5.64. The van der Waals surface area contributed by atoms with Gasteiger partial charge in [0, 0.05) is 18.9 Å². The summed E-state index contributed by atoms with van der Waals surface area (Å²) in [7, 11) is 0. The fourth-order valence-electron chi connectivity index (χ4n) is 3.64. The van der Waals surface area contributed by atoms with Crippen LogP contribution < -0.4 is 5.32 Å². The number of aliphatic hydroxyl groups is 1. The molecular formula is C20H22FN5O2. The highest BCUT2D eigenvalue weighted by Gasteiger charge is 2.39. The summed E-state index contributed by atoms with van der Waals surface area (Å²) in [6.07, 6.45) is 5.69. The molecule has 3 aromatic rings. The van der Waals surface area contributed by atoms with E-state index in [4.69, 9.17) is 4.74 Å². The minimum Gasteiger partial charge on any atom is -0.389 e. The Kier molecular flexibility index (Phi) is 4.06. The first-order valence-electron chi connectivity index (χ1n) is 9.57. The Labute approximate surface area is 161 Å². The second-order valence-electron chi connectivity index (χ2n) is 7.93. The van der Waals surface area contributed by atoms with Crippen LogP contribution in [-0.2, 0) is 10.2 Å². The zero-order chi connectivity index (χ0) is 19.3. The number of pyridine rings is 1. The number of rotatable bonds is 4. The van der Waals surface area contributed by atoms with Crippen LogP contribution in [0.3, 0.4) is 0 Å². The molecule has 28 heavy (non-hydrogen) atoms. The zero-order valence-corrected chi connectivity index (χ0v) is 15.6. The lowest BCUT2D eigenvalue weighted by molar-refractivity contribution is -0.0136. The van der Waals surface area contributed by atoms with Crippen molar-refractivity contribution in [2.45, 2.75) is 43.7 Å². The van der Waals surface area contributed by atoms with Crippen molar-refractivity contribution in [1.82, 2.24) is 19.6 Å². The van der Waals surface area contributed by atoms with Crippen LogP contribution in [0.25, 0.3) is 16.9 Å². The minimum atomic E-state index is -0.632. The Hall–Kier alpha value is -2.58. The molecule has 0 aromatic carbocycles. The molecule has 1 saturated carbocycles. The van der Waals surface area contributed by atoms with Gasteiger partial charge in [-0.05, 0) is 36.3 Å². The smallest absolute Gasteiger partial charge is 0.241 e. The quantitative estimate of drug-likeness (QED) is 0.720. The van der Waals surface area contributed by atoms with E-state index in [9.17, 15) is 9.50 Å². The molecule has 0 bridgehead atoms. The second-order valence-corrected chi connectivity index (χ2v) is 7.93. The van der Waals surface area contributed by atoms with Gasteiger partial charge >= 0.3 is 0 Å². The monoisotopic (exact) mass is 383 g/mol. The number of hydrogen-bond acceptors (Lipinski definition) is 6. The van der Waals surface area contributed by atoms with Gasteiger partial charge in [-0.2, -0.15) is 0 Å². The van der Waals surface area contributed by atoms with Crippen molar-refractivity contribution in [3.63, 3.8) is 0 Å². The molecule has 1 aliphatic carbocycles. The predicted molar refractivity (Wildman–Crippen MR) is 102 cm³/mol. The molecular weight excluding hydrogens is 361 g/mol. The van der Waals surface area contributed by atoms with Crippen molar-refractivity contribution in [3.05, 3.63) is 42.0 Å². The van der Waals surface area contributed by atoms with E-state index in [2.05, 4.69) is 33.4 Å². The SMILES string of the molecule is CC1(c2ccc(-c3cc(F)c4cnc(N[C@@H]5CCOC[C@H]5O)nn34)nc2)CC1. The molecule has 1 saturated heterocycles. The van der Waals surface area contributed by atoms with Crippen molar-refractivity contribution in [2.24, 2.45) is 0 Å². The lowest BCUT2D eigenvalue weighted by Gasteiger charge is -2.28. The van der Waals surface area contributed by atoms with E-state index in [-0.39, 0.29) is 23.6 Å². The summed E-state index contributed by atoms with van der Waals surface area (Å²) in [5.41, 5.74) is 2.96. The predicted octanol–water partition coefficient (Wildman–Crippen LogP) is 2.54. The summed E-state index contributed by atoms with van der Waals surface area (Å²) in [4.78, 5) is 8.75. The summed E-state index contributed by atoms with van der Waals surface area (Å²) in [5.74, 6) is -0.0647. The molecule has 0 radical (unpaired) electrons. The third-order valence-corrected chi connectivity index (χ3v) is 5.83. The van der Waals surface area contributed by atoms with Gasteiger partial charge in [0.05, 0.1) is 36.3 Å². The molecule has 3 aromatic heterocycles. The van der Waals surface area contributed by atoms with Crippen molar-refractivity contribution in [3.8, 4) is 11.4 Å². The van der Waals surface area contributed by atoms with Crippen LogP contribution in [0.1, 0.15) is 31.7 Å². The Balaban J connectivity index is 1.48. The zero-order valence-electron chi connectivity index (χ0n) is 15.6. The number of nitrogens with one attached hydrogen (secondary N) is 1. The number of anilines is 1. The van der Waals surface area contributed by atoms with Crippen LogP contribution in [-0.4, -0.2) is 50.0 Å². The van der Waals surface area contributed by atoms with Crippen molar-refractivity contribution in [2.75, 3.05) is 18.5 Å². The maximum atomic E-state index is 14.4. The lowest BCUT2D eigenvalue weighted by Crippen LogP contribution is -2.42. The number of nitrogens with zero attached hydrogens (tertiary/aromatic N) is 4. The average Bonchev–Trinajstić information content (AvgIpc) is 3.38. The van der Waals surface area contributed by atoms with Crippen LogP contribution in [0.2, 0.25) is 0 Å². The molecule has 4 heterocycles. The van der Waals surface area contributed by atoms with Gasteiger partial charge in [0.15, 0.2) is 5.82 Å². The Morgan fingerprint density at radius 1 is 1.29 bits per heavy atom. The van der Waals surface area contributed by atoms with Crippen molar-refractivity contribution >= 4 is 11.5 Å². The summed E-state index contributed by atoms with van der Waals surface area (Å²) < 4.78 is 21.2. The van der Waals surface area contributed by atoms with E-state index in [1.165, 1.54) is 35.2 Å². The van der Waals surface area contributed by atoms with Crippen LogP contribution in [0.15, 0.2) is 30.6 Å². The Morgan fingerprint density at radius 3 is 2.86 bits per heavy atom. The summed E-state index contributed by atoms with van der Waals surface area (Å²) in [6.45, 7) is 3.07. The van der Waals surface area contributed by atoms with E-state index in [1.807, 2.05) is 12.3 Å². The number of fused-ring (bicyclic) bond motifs is 1. The first-order chi connectivity index (χ1) is 13.5. The number of aromatic nitrogens is 4. The molecule has 1 aliphatic heterocycles. The molecule has 7 nitrogen and oxygen atoms in total. The molecule has 2 aliphatic rings. The second kappa shape index (κ2) is 6.49. The topological polar surface area (TPSA) is 84.6 Å². The van der Waals surface area contributed by atoms with Gasteiger partial charge in [-0.3, -0.25) is 4.98 Å². The van der Waals surface area contributed by atoms with Gasteiger partial charge in [-0.25, -0.2) is 13.9 Å². The molecule has 0 spiro atoms. The lowest BCUT2D eigenvalue weighted by atomic mass is 10.0. The van der Waals surface area contributed by atoms with Crippen LogP contribution in [0.5, 0.6) is 0 Å². The van der Waals surface area contributed by atoms with Crippen LogP contribution >= 0.6 is 0 Å². The van der Waals surface area contributed by atoms with E-state index in [1.54, 1.807) is 0 Å². The summed E-state index contributed by atoms with van der Waals surface area (Å²) >= 11 is 0. The average molecular weight is 383 g/mol. The molecule has 2 N–H and O–H groups in total. The first kappa shape index (κ1) is 17.5. The fourth-order valence-corrected chi connectivity index (χ4v) is 3.64. The van der Waals surface area contributed by atoms with Gasteiger partial charge < -0.3 is 15.2 Å². The Morgan fingerprint density at radius 2 is 2.14 bits per heavy atom. The van der Waals surface area contributed by atoms with Crippen LogP contribution in [0.4, 0.5) is 10.3 Å². The van der Waals surface area contributed by atoms with E-state index < -0.39 is 11.9 Å². The molecule has 2 fully saturated rings. The first-order valence-corrected chi connectivity index (χ1v) is 9.57. The standard InChI is InChI=1S/C20H22FN5O2/c1-20(5-6-20)12-2-3-14(22-9-12)16-8-13(21)17-10-23-19(25-26(16)17)24-15-4-7-28-11-18(15)27/h2-3,8-10,15,18,27H,4-7,11H2,1H3,(H,24,25)/t15-,18-/m1/s1. The number of ether oxygens (including phenoxy) is 1. The molecule has 146 valence electrons. The van der Waals surface area contributed by atoms with Gasteiger partial charge in [-0.1, -0.05) is 13.0 Å². The third-order valence-electron chi connectivity index (χ3n) is 5.83. The van der Waals surface area contributed by atoms with Gasteiger partial charge in [-0.15, -0.1) is 5.10 Å². The molecule has 5 rings (SSSR count). The number of halogens is 1. The number of hydrogen-bond donors (Lipinski definition) is 2.